The number of nitrogens with zero attached hydrogens (tertiary/aromatic N) is 4. The Morgan fingerprint density at radius 3 is 2.76 bits per heavy atom. The fourth-order valence-electron chi connectivity index (χ4n) is 4.01. The van der Waals surface area contributed by atoms with Crippen molar-refractivity contribution in [1.82, 2.24) is 25.6 Å². The van der Waals surface area contributed by atoms with Crippen LogP contribution in [0.25, 0.3) is 17.5 Å². The fourth-order valence-corrected chi connectivity index (χ4v) is 4.67. The van der Waals surface area contributed by atoms with Crippen LogP contribution in [0, 0.1) is 5.92 Å². The highest BCUT2D eigenvalue weighted by molar-refractivity contribution is 8.18. The Kier molecular flexibility index (Phi) is 6.68. The van der Waals surface area contributed by atoms with E-state index in [0.29, 0.717) is 22.5 Å². The van der Waals surface area contributed by atoms with Crippen LogP contribution in [0.2, 0.25) is 0 Å². The summed E-state index contributed by atoms with van der Waals surface area (Å²) in [4.78, 5) is 39.1. The minimum Gasteiger partial charge on any atom is -0.463 e. The molecule has 0 bridgehead atoms. The Labute approximate surface area is 201 Å². The molecule has 0 aliphatic carbocycles. The standard InChI is InChI=1S/C24H24N6O3S/c31-22-21(34-24(32)29-22)12-18-5-8-26-23(28-18)30-9-6-16(7-10-30)13-25-14-17-3-4-19(27-15-17)20-2-1-11-33-20/h1-5,8,11-12,15-16,25H,6-7,9-10,13-14H2,(H,29,31,32)/b21-12+. The average Bonchev–Trinajstić information content (AvgIpc) is 3.50. The third kappa shape index (κ3) is 5.35. The van der Waals surface area contributed by atoms with Crippen molar-refractivity contribution in [3.63, 3.8) is 0 Å². The van der Waals surface area contributed by atoms with Gasteiger partial charge in [0.25, 0.3) is 11.1 Å². The van der Waals surface area contributed by atoms with Crippen LogP contribution >= 0.6 is 11.8 Å². The smallest absolute Gasteiger partial charge is 0.290 e. The Morgan fingerprint density at radius 2 is 2.06 bits per heavy atom. The Bertz CT molecular complexity index is 1190. The van der Waals surface area contributed by atoms with E-state index >= 15 is 0 Å². The van der Waals surface area contributed by atoms with Crippen molar-refractivity contribution >= 4 is 34.9 Å². The number of carbonyl (C=O) groups excluding carboxylic acids is 2. The summed E-state index contributed by atoms with van der Waals surface area (Å²) in [7, 11) is 0. The molecule has 5 rings (SSSR count). The molecule has 9 nitrogen and oxygen atoms in total. The number of amides is 2. The molecule has 2 fully saturated rings. The van der Waals surface area contributed by atoms with Gasteiger partial charge in [-0.3, -0.25) is 19.9 Å². The molecule has 0 atom stereocenters. The molecular weight excluding hydrogens is 452 g/mol. The Balaban J connectivity index is 1.09. The van der Waals surface area contributed by atoms with E-state index in [4.69, 9.17) is 4.42 Å². The zero-order chi connectivity index (χ0) is 23.3. The Morgan fingerprint density at radius 1 is 1.18 bits per heavy atom. The van der Waals surface area contributed by atoms with Gasteiger partial charge in [-0.2, -0.15) is 0 Å². The minimum absolute atomic E-state index is 0.352. The highest BCUT2D eigenvalue weighted by Gasteiger charge is 2.25. The predicted octanol–water partition coefficient (Wildman–Crippen LogP) is 3.46. The second-order valence-electron chi connectivity index (χ2n) is 8.22. The van der Waals surface area contributed by atoms with Gasteiger partial charge in [0, 0.05) is 32.0 Å². The topological polar surface area (TPSA) is 113 Å². The number of hydrogen-bond acceptors (Lipinski definition) is 9. The van der Waals surface area contributed by atoms with Crippen LogP contribution in [0.1, 0.15) is 24.1 Å². The molecule has 10 heteroatoms. The molecule has 2 aliphatic heterocycles. The van der Waals surface area contributed by atoms with Gasteiger partial charge in [-0.15, -0.1) is 0 Å². The second kappa shape index (κ2) is 10.2. The summed E-state index contributed by atoms with van der Waals surface area (Å²) in [6, 6.07) is 9.55. The number of furan rings is 1. The lowest BCUT2D eigenvalue weighted by Gasteiger charge is -2.32. The first-order valence-electron chi connectivity index (χ1n) is 11.2. The summed E-state index contributed by atoms with van der Waals surface area (Å²) < 4.78 is 5.38. The van der Waals surface area contributed by atoms with Gasteiger partial charge in [-0.25, -0.2) is 9.97 Å². The van der Waals surface area contributed by atoms with Gasteiger partial charge in [-0.1, -0.05) is 6.07 Å². The van der Waals surface area contributed by atoms with Crippen LogP contribution in [-0.2, 0) is 11.3 Å². The number of hydrogen-bond donors (Lipinski definition) is 2. The number of carbonyl (C=O) groups is 2. The average molecular weight is 477 g/mol. The number of imide groups is 1. The lowest BCUT2D eigenvalue weighted by molar-refractivity contribution is -0.115. The zero-order valence-electron chi connectivity index (χ0n) is 18.4. The van der Waals surface area contributed by atoms with Gasteiger partial charge in [0.15, 0.2) is 5.76 Å². The van der Waals surface area contributed by atoms with E-state index in [1.807, 2.05) is 24.4 Å². The highest BCUT2D eigenvalue weighted by Crippen LogP contribution is 2.26. The molecule has 0 unspecified atom stereocenters. The first-order chi connectivity index (χ1) is 16.6. The van der Waals surface area contributed by atoms with Crippen LogP contribution < -0.4 is 15.5 Å². The number of piperidine rings is 1. The maximum Gasteiger partial charge on any atom is 0.290 e. The summed E-state index contributed by atoms with van der Waals surface area (Å²) in [5.41, 5.74) is 2.60. The first kappa shape index (κ1) is 22.3. The molecule has 0 saturated carbocycles. The molecule has 2 N–H and O–H groups in total. The van der Waals surface area contributed by atoms with Crippen LogP contribution in [0.4, 0.5) is 10.7 Å². The predicted molar refractivity (Wildman–Crippen MR) is 130 cm³/mol. The van der Waals surface area contributed by atoms with E-state index < -0.39 is 0 Å². The van der Waals surface area contributed by atoms with Gasteiger partial charge < -0.3 is 14.6 Å². The normalized spacial score (nSPS) is 18.0. The molecular formula is C24H24N6O3S. The summed E-state index contributed by atoms with van der Waals surface area (Å²) in [6.45, 7) is 3.47. The number of thioether (sulfide) groups is 1. The number of anilines is 1. The van der Waals surface area contributed by atoms with E-state index in [9.17, 15) is 9.59 Å². The molecule has 5 heterocycles. The highest BCUT2D eigenvalue weighted by atomic mass is 32.2. The monoisotopic (exact) mass is 476 g/mol. The third-order valence-electron chi connectivity index (χ3n) is 5.84. The maximum absolute atomic E-state index is 11.8. The van der Waals surface area contributed by atoms with E-state index in [0.717, 1.165) is 67.8 Å². The molecule has 2 aliphatic rings. The molecule has 0 spiro atoms. The third-order valence-corrected chi connectivity index (χ3v) is 6.65. The molecule has 34 heavy (non-hydrogen) atoms. The van der Waals surface area contributed by atoms with Gasteiger partial charge in [0.05, 0.1) is 16.9 Å². The summed E-state index contributed by atoms with van der Waals surface area (Å²) >= 11 is 0.889. The quantitative estimate of drug-likeness (QED) is 0.495. The zero-order valence-corrected chi connectivity index (χ0v) is 19.3. The van der Waals surface area contributed by atoms with Gasteiger partial charge in [-0.05, 0) is 73.0 Å². The largest absolute Gasteiger partial charge is 0.463 e. The fraction of sp³-hybridized carbons (Fsp3) is 0.292. The second-order valence-corrected chi connectivity index (χ2v) is 9.24. The summed E-state index contributed by atoms with van der Waals surface area (Å²) in [5.74, 6) is 1.63. The lowest BCUT2D eigenvalue weighted by Crippen LogP contribution is -2.38. The minimum atomic E-state index is -0.382. The number of nitrogens with one attached hydrogen (secondary N) is 2. The van der Waals surface area contributed by atoms with Crippen molar-refractivity contribution in [2.45, 2.75) is 19.4 Å². The Hall–Kier alpha value is -3.50. The maximum atomic E-state index is 11.8. The van der Waals surface area contributed by atoms with E-state index in [-0.39, 0.29) is 11.1 Å². The van der Waals surface area contributed by atoms with Crippen molar-refractivity contribution < 1.29 is 14.0 Å². The molecule has 2 amide bonds. The number of aromatic nitrogens is 3. The van der Waals surface area contributed by atoms with Crippen LogP contribution in [0.3, 0.4) is 0 Å². The van der Waals surface area contributed by atoms with Crippen molar-refractivity contribution in [3.8, 4) is 11.5 Å². The first-order valence-corrected chi connectivity index (χ1v) is 12.0. The molecule has 3 aromatic heterocycles. The van der Waals surface area contributed by atoms with Crippen LogP contribution in [0.5, 0.6) is 0 Å². The van der Waals surface area contributed by atoms with E-state index in [1.165, 1.54) is 0 Å². The number of rotatable bonds is 7. The number of pyridine rings is 1. The van der Waals surface area contributed by atoms with Gasteiger partial charge in [0.1, 0.15) is 5.69 Å². The van der Waals surface area contributed by atoms with Crippen molar-refractivity contribution in [1.29, 1.82) is 0 Å². The lowest BCUT2D eigenvalue weighted by atomic mass is 9.97. The van der Waals surface area contributed by atoms with Crippen molar-refractivity contribution in [3.05, 3.63) is 65.2 Å². The van der Waals surface area contributed by atoms with Crippen LogP contribution in [-0.4, -0.2) is 45.7 Å². The summed E-state index contributed by atoms with van der Waals surface area (Å²) in [5, 5.41) is 5.45. The van der Waals surface area contributed by atoms with Crippen LogP contribution in [0.15, 0.2) is 58.3 Å². The van der Waals surface area contributed by atoms with Crippen molar-refractivity contribution in [2.75, 3.05) is 24.5 Å². The molecule has 0 aromatic carbocycles. The van der Waals surface area contributed by atoms with E-state index in [1.54, 1.807) is 24.6 Å². The molecule has 2 saturated heterocycles. The van der Waals surface area contributed by atoms with Gasteiger partial charge >= 0.3 is 0 Å². The molecule has 3 aromatic rings. The molecule has 174 valence electrons. The molecule has 0 radical (unpaired) electrons. The summed E-state index contributed by atoms with van der Waals surface area (Å²) in [6.07, 6.45) is 8.94. The van der Waals surface area contributed by atoms with Crippen molar-refractivity contribution in [2.24, 2.45) is 5.92 Å². The SMILES string of the molecule is O=C1NC(=O)/C(=C\c2ccnc(N3CCC(CNCc4ccc(-c5ccco5)nc4)CC3)n2)S1. The van der Waals surface area contributed by atoms with E-state index in [2.05, 4.69) is 36.6 Å². The van der Waals surface area contributed by atoms with Gasteiger partial charge in [0.2, 0.25) is 5.95 Å².